The van der Waals surface area contributed by atoms with Crippen molar-refractivity contribution < 1.29 is 23.1 Å². The van der Waals surface area contributed by atoms with E-state index in [-0.39, 0.29) is 22.6 Å². The largest absolute Gasteiger partial charge is 0.504 e. The quantitative estimate of drug-likeness (QED) is 0.574. The highest BCUT2D eigenvalue weighted by molar-refractivity contribution is 7.92. The standard InChI is InChI=1S/C24H23N3O5S/c1-16(28)27-22(18-10-13-23(29)24(14-18)32-2)15-21(25-27)17-8-11-19(12-9-17)26-33(30,31)20-6-4-3-5-7-20/h3-14,22,26,29H,15H2,1-2H3. The van der Waals surface area contributed by atoms with Crippen LogP contribution in [0.2, 0.25) is 0 Å². The Bertz CT molecular complexity index is 1310. The zero-order chi connectivity index (χ0) is 23.6. The zero-order valence-electron chi connectivity index (χ0n) is 18.1. The smallest absolute Gasteiger partial charge is 0.261 e. The predicted octanol–water partition coefficient (Wildman–Crippen LogP) is 3.90. The highest BCUT2D eigenvalue weighted by atomic mass is 32.2. The van der Waals surface area contributed by atoms with Crippen LogP contribution in [0.4, 0.5) is 5.69 Å². The number of carbonyl (C=O) groups excluding carboxylic acids is 1. The van der Waals surface area contributed by atoms with Crippen LogP contribution < -0.4 is 9.46 Å². The summed E-state index contributed by atoms with van der Waals surface area (Å²) in [6, 6.07) is 19.6. The summed E-state index contributed by atoms with van der Waals surface area (Å²) in [5.41, 5.74) is 2.67. The minimum atomic E-state index is -3.69. The summed E-state index contributed by atoms with van der Waals surface area (Å²) in [6.45, 7) is 1.44. The molecule has 0 saturated carbocycles. The zero-order valence-corrected chi connectivity index (χ0v) is 18.9. The highest BCUT2D eigenvalue weighted by Gasteiger charge is 2.32. The first-order valence-electron chi connectivity index (χ1n) is 10.2. The molecule has 1 unspecified atom stereocenters. The molecule has 0 radical (unpaired) electrons. The summed E-state index contributed by atoms with van der Waals surface area (Å²) in [4.78, 5) is 12.4. The van der Waals surface area contributed by atoms with Crippen LogP contribution in [0.3, 0.4) is 0 Å². The first-order chi connectivity index (χ1) is 15.8. The molecule has 0 bridgehead atoms. The van der Waals surface area contributed by atoms with Gasteiger partial charge in [0.2, 0.25) is 5.91 Å². The van der Waals surface area contributed by atoms with Crippen LogP contribution in [0.5, 0.6) is 11.5 Å². The fraction of sp³-hybridized carbons (Fsp3) is 0.167. The van der Waals surface area contributed by atoms with Crippen LogP contribution in [0.25, 0.3) is 0 Å². The Labute approximate surface area is 192 Å². The average Bonchev–Trinajstić information content (AvgIpc) is 3.26. The first kappa shape index (κ1) is 22.3. The number of aromatic hydroxyl groups is 1. The summed E-state index contributed by atoms with van der Waals surface area (Å²) in [5.74, 6) is 0.122. The molecule has 1 amide bonds. The normalized spacial score (nSPS) is 15.8. The number of anilines is 1. The number of nitrogens with one attached hydrogen (secondary N) is 1. The minimum Gasteiger partial charge on any atom is -0.504 e. The molecule has 1 heterocycles. The lowest BCUT2D eigenvalue weighted by atomic mass is 9.98. The molecule has 0 aromatic heterocycles. The van der Waals surface area contributed by atoms with Gasteiger partial charge in [-0.15, -0.1) is 0 Å². The van der Waals surface area contributed by atoms with Gasteiger partial charge in [0.05, 0.1) is 23.8 Å². The molecule has 1 aliphatic rings. The Morgan fingerprint density at radius 2 is 1.79 bits per heavy atom. The first-order valence-corrected chi connectivity index (χ1v) is 11.7. The number of ether oxygens (including phenoxy) is 1. The van der Waals surface area contributed by atoms with E-state index in [0.29, 0.717) is 23.6 Å². The number of nitrogens with zero attached hydrogens (tertiary/aromatic N) is 2. The number of sulfonamides is 1. The van der Waals surface area contributed by atoms with Crippen LogP contribution in [0, 0.1) is 0 Å². The molecule has 0 spiro atoms. The Balaban J connectivity index is 1.55. The van der Waals surface area contributed by atoms with E-state index in [9.17, 15) is 18.3 Å². The van der Waals surface area contributed by atoms with E-state index in [0.717, 1.165) is 11.1 Å². The number of rotatable bonds is 6. The molecule has 3 aromatic rings. The van der Waals surface area contributed by atoms with Gasteiger partial charge in [0, 0.05) is 19.0 Å². The van der Waals surface area contributed by atoms with E-state index in [1.54, 1.807) is 54.6 Å². The second-order valence-electron chi connectivity index (χ2n) is 7.56. The van der Waals surface area contributed by atoms with Gasteiger partial charge in [0.15, 0.2) is 11.5 Å². The molecule has 1 aliphatic heterocycles. The molecule has 0 saturated heterocycles. The fourth-order valence-corrected chi connectivity index (χ4v) is 4.76. The SMILES string of the molecule is COc1cc(C2CC(c3ccc(NS(=O)(=O)c4ccccc4)cc3)=NN2C(C)=O)ccc1O. The topological polar surface area (TPSA) is 108 Å². The fourth-order valence-electron chi connectivity index (χ4n) is 3.68. The Morgan fingerprint density at radius 1 is 1.09 bits per heavy atom. The minimum absolute atomic E-state index is 0.0170. The van der Waals surface area contributed by atoms with Gasteiger partial charge in [-0.25, -0.2) is 13.4 Å². The second kappa shape index (κ2) is 8.95. The third kappa shape index (κ3) is 4.68. The van der Waals surface area contributed by atoms with Gasteiger partial charge in [-0.05, 0) is 47.5 Å². The van der Waals surface area contributed by atoms with Gasteiger partial charge < -0.3 is 9.84 Å². The lowest BCUT2D eigenvalue weighted by Gasteiger charge is -2.21. The molecular weight excluding hydrogens is 442 g/mol. The molecule has 9 heteroatoms. The molecule has 8 nitrogen and oxygen atoms in total. The Morgan fingerprint density at radius 3 is 2.42 bits per heavy atom. The van der Waals surface area contributed by atoms with Crippen molar-refractivity contribution in [3.05, 3.63) is 83.9 Å². The van der Waals surface area contributed by atoms with Gasteiger partial charge in [0.25, 0.3) is 10.0 Å². The van der Waals surface area contributed by atoms with Crippen molar-refractivity contribution in [2.75, 3.05) is 11.8 Å². The molecule has 170 valence electrons. The highest BCUT2D eigenvalue weighted by Crippen LogP contribution is 2.37. The summed E-state index contributed by atoms with van der Waals surface area (Å²) < 4.78 is 32.8. The summed E-state index contributed by atoms with van der Waals surface area (Å²) in [7, 11) is -2.22. The van der Waals surface area contributed by atoms with E-state index < -0.39 is 10.0 Å². The average molecular weight is 466 g/mol. The number of methoxy groups -OCH3 is 1. The Kier molecular flexibility index (Phi) is 6.06. The lowest BCUT2D eigenvalue weighted by Crippen LogP contribution is -2.24. The molecule has 0 fully saturated rings. The monoisotopic (exact) mass is 465 g/mol. The van der Waals surface area contributed by atoms with Crippen LogP contribution in [0.1, 0.15) is 30.5 Å². The number of carbonyl (C=O) groups is 1. The summed E-state index contributed by atoms with van der Waals surface area (Å²) >= 11 is 0. The maximum absolute atomic E-state index is 12.5. The maximum atomic E-state index is 12.5. The van der Waals surface area contributed by atoms with Crippen LogP contribution >= 0.6 is 0 Å². The molecular formula is C24H23N3O5S. The van der Waals surface area contributed by atoms with Gasteiger partial charge in [0.1, 0.15) is 0 Å². The van der Waals surface area contributed by atoms with Crippen molar-refractivity contribution in [1.29, 1.82) is 0 Å². The summed E-state index contributed by atoms with van der Waals surface area (Å²) in [5, 5.41) is 15.8. The molecule has 3 aromatic carbocycles. The molecule has 2 N–H and O–H groups in total. The lowest BCUT2D eigenvalue weighted by molar-refractivity contribution is -0.130. The number of amides is 1. The van der Waals surface area contributed by atoms with Crippen LogP contribution in [0.15, 0.2) is 82.8 Å². The third-order valence-electron chi connectivity index (χ3n) is 5.35. The number of hydrogen-bond acceptors (Lipinski definition) is 6. The van der Waals surface area contributed by atoms with Gasteiger partial charge in [-0.3, -0.25) is 9.52 Å². The Hall–Kier alpha value is -3.85. The molecule has 4 rings (SSSR count). The van der Waals surface area contributed by atoms with Crippen molar-refractivity contribution in [1.82, 2.24) is 5.01 Å². The van der Waals surface area contributed by atoms with Gasteiger partial charge >= 0.3 is 0 Å². The maximum Gasteiger partial charge on any atom is 0.261 e. The van der Waals surface area contributed by atoms with E-state index in [4.69, 9.17) is 4.74 Å². The van der Waals surface area contributed by atoms with E-state index >= 15 is 0 Å². The van der Waals surface area contributed by atoms with Crippen LogP contribution in [-0.4, -0.2) is 37.3 Å². The van der Waals surface area contributed by atoms with Crippen molar-refractivity contribution in [2.24, 2.45) is 5.10 Å². The van der Waals surface area contributed by atoms with Crippen molar-refractivity contribution >= 4 is 27.3 Å². The van der Waals surface area contributed by atoms with Crippen molar-refractivity contribution in [3.63, 3.8) is 0 Å². The number of phenolic OH excluding ortho intramolecular Hbond substituents is 1. The number of benzene rings is 3. The van der Waals surface area contributed by atoms with E-state index in [2.05, 4.69) is 9.82 Å². The van der Waals surface area contributed by atoms with Gasteiger partial charge in [-0.1, -0.05) is 36.4 Å². The number of phenols is 1. The number of hydrogen-bond donors (Lipinski definition) is 2. The second-order valence-corrected chi connectivity index (χ2v) is 9.24. The number of hydrazone groups is 1. The molecule has 1 atom stereocenters. The molecule has 33 heavy (non-hydrogen) atoms. The van der Waals surface area contributed by atoms with E-state index in [1.165, 1.54) is 37.2 Å². The molecule has 0 aliphatic carbocycles. The predicted molar refractivity (Wildman–Crippen MR) is 125 cm³/mol. The summed E-state index contributed by atoms with van der Waals surface area (Å²) in [6.07, 6.45) is 0.461. The van der Waals surface area contributed by atoms with E-state index in [1.807, 2.05) is 0 Å². The van der Waals surface area contributed by atoms with Crippen molar-refractivity contribution in [2.45, 2.75) is 24.3 Å². The van der Waals surface area contributed by atoms with Crippen molar-refractivity contribution in [3.8, 4) is 11.5 Å². The van der Waals surface area contributed by atoms with Crippen LogP contribution in [-0.2, 0) is 14.8 Å². The third-order valence-corrected chi connectivity index (χ3v) is 6.74. The van der Waals surface area contributed by atoms with Gasteiger partial charge in [-0.2, -0.15) is 5.10 Å².